The molecule has 2 aliphatic heterocycles. The number of likely N-dealkylation sites (tertiary alicyclic amines) is 1. The van der Waals surface area contributed by atoms with Crippen LogP contribution in [0.3, 0.4) is 0 Å². The molecule has 0 unspecified atom stereocenters. The monoisotopic (exact) mass is 258 g/mol. The number of benzene rings is 1. The molecule has 0 aliphatic carbocycles. The van der Waals surface area contributed by atoms with Gasteiger partial charge >= 0.3 is 0 Å². The van der Waals surface area contributed by atoms with Gasteiger partial charge in [0, 0.05) is 12.2 Å². The molecule has 1 fully saturated rings. The summed E-state index contributed by atoms with van der Waals surface area (Å²) in [6.45, 7) is 5.07. The summed E-state index contributed by atoms with van der Waals surface area (Å²) in [7, 11) is 0. The highest BCUT2D eigenvalue weighted by molar-refractivity contribution is 5.58. The molecular formula is C17H26N2. The maximum atomic E-state index is 3.48. The molecule has 0 bridgehead atoms. The summed E-state index contributed by atoms with van der Waals surface area (Å²) in [5, 5.41) is 3.48. The van der Waals surface area contributed by atoms with Gasteiger partial charge in [0.05, 0.1) is 0 Å². The van der Waals surface area contributed by atoms with Crippen molar-refractivity contribution in [3.05, 3.63) is 29.3 Å². The summed E-state index contributed by atoms with van der Waals surface area (Å²) in [4.78, 5) is 2.68. The molecule has 19 heavy (non-hydrogen) atoms. The van der Waals surface area contributed by atoms with Crippen LogP contribution in [0.15, 0.2) is 18.2 Å². The van der Waals surface area contributed by atoms with Crippen LogP contribution in [-0.4, -0.2) is 31.1 Å². The maximum Gasteiger partial charge on any atom is 0.0376 e. The minimum absolute atomic E-state index is 1.12. The van der Waals surface area contributed by atoms with E-state index in [4.69, 9.17) is 0 Å². The first-order valence-electron chi connectivity index (χ1n) is 8.00. The fourth-order valence-corrected chi connectivity index (χ4v) is 3.50. The first-order valence-corrected chi connectivity index (χ1v) is 8.00. The molecule has 1 N–H and O–H groups in total. The number of nitrogens with zero attached hydrogens (tertiary/aromatic N) is 1. The normalized spacial score (nSPS) is 19.8. The average Bonchev–Trinajstić information content (AvgIpc) is 2.77. The number of hydrogen-bond acceptors (Lipinski definition) is 2. The quantitative estimate of drug-likeness (QED) is 0.889. The van der Waals surface area contributed by atoms with Crippen LogP contribution in [0.5, 0.6) is 0 Å². The first kappa shape index (κ1) is 13.0. The van der Waals surface area contributed by atoms with E-state index in [0.29, 0.717) is 0 Å². The molecule has 2 aliphatic rings. The van der Waals surface area contributed by atoms with Crippen molar-refractivity contribution in [2.75, 3.05) is 31.5 Å². The Kier molecular flexibility index (Phi) is 4.39. The molecule has 104 valence electrons. The van der Waals surface area contributed by atoms with Gasteiger partial charge in [-0.3, -0.25) is 0 Å². The number of nitrogens with one attached hydrogen (secondary N) is 1. The van der Waals surface area contributed by atoms with Crippen molar-refractivity contribution in [2.24, 2.45) is 0 Å². The predicted octanol–water partition coefficient (Wildman–Crippen LogP) is 3.46. The van der Waals surface area contributed by atoms with Crippen LogP contribution in [0, 0.1) is 0 Å². The Morgan fingerprint density at radius 2 is 1.89 bits per heavy atom. The molecule has 1 aromatic carbocycles. The zero-order valence-electron chi connectivity index (χ0n) is 12.0. The zero-order valence-corrected chi connectivity index (χ0v) is 12.0. The molecule has 0 atom stereocenters. The molecule has 0 radical (unpaired) electrons. The molecule has 0 saturated carbocycles. The smallest absolute Gasteiger partial charge is 0.0376 e. The van der Waals surface area contributed by atoms with Crippen molar-refractivity contribution in [3.63, 3.8) is 0 Å². The third kappa shape index (κ3) is 3.30. The number of fused-ring (bicyclic) bond motifs is 1. The minimum atomic E-state index is 1.12. The summed E-state index contributed by atoms with van der Waals surface area (Å²) in [5.74, 6) is 0. The van der Waals surface area contributed by atoms with E-state index in [1.165, 1.54) is 70.3 Å². The van der Waals surface area contributed by atoms with Gasteiger partial charge in [-0.1, -0.05) is 25.0 Å². The van der Waals surface area contributed by atoms with Crippen molar-refractivity contribution in [3.8, 4) is 0 Å². The largest absolute Gasteiger partial charge is 0.384 e. The van der Waals surface area contributed by atoms with Crippen LogP contribution >= 0.6 is 0 Å². The Balaban J connectivity index is 1.51. The van der Waals surface area contributed by atoms with E-state index in [2.05, 4.69) is 28.4 Å². The van der Waals surface area contributed by atoms with Crippen molar-refractivity contribution >= 4 is 5.69 Å². The lowest BCUT2D eigenvalue weighted by molar-refractivity contribution is 0.281. The summed E-state index contributed by atoms with van der Waals surface area (Å²) in [6.07, 6.45) is 9.48. The lowest BCUT2D eigenvalue weighted by Gasteiger charge is -2.19. The third-order valence-corrected chi connectivity index (χ3v) is 4.58. The van der Waals surface area contributed by atoms with Crippen molar-refractivity contribution in [2.45, 2.75) is 44.9 Å². The predicted molar refractivity (Wildman–Crippen MR) is 81.9 cm³/mol. The lowest BCUT2D eigenvalue weighted by Crippen LogP contribution is -2.26. The minimum Gasteiger partial charge on any atom is -0.384 e. The number of aryl methyl sites for hydroxylation is 1. The Hall–Kier alpha value is -1.02. The Bertz CT molecular complexity index is 406. The molecule has 0 amide bonds. The summed E-state index contributed by atoms with van der Waals surface area (Å²) < 4.78 is 0. The fraction of sp³-hybridized carbons (Fsp3) is 0.647. The topological polar surface area (TPSA) is 15.3 Å². The van der Waals surface area contributed by atoms with Gasteiger partial charge in [-0.25, -0.2) is 0 Å². The highest BCUT2D eigenvalue weighted by atomic mass is 15.1. The summed E-state index contributed by atoms with van der Waals surface area (Å²) in [5.41, 5.74) is 4.54. The summed E-state index contributed by atoms with van der Waals surface area (Å²) >= 11 is 0. The number of hydrogen-bond donors (Lipinski definition) is 1. The molecular weight excluding hydrogens is 232 g/mol. The van der Waals surface area contributed by atoms with E-state index in [0.717, 1.165) is 6.54 Å². The first-order chi connectivity index (χ1) is 9.43. The lowest BCUT2D eigenvalue weighted by atomic mass is 10.0. The van der Waals surface area contributed by atoms with Crippen LogP contribution in [-0.2, 0) is 12.8 Å². The molecule has 2 heterocycles. The van der Waals surface area contributed by atoms with E-state index in [-0.39, 0.29) is 0 Å². The SMILES string of the molecule is c1cc(CCCN2CCCCCC2)c2c(c1)NCC2. The Labute approximate surface area is 117 Å². The summed E-state index contributed by atoms with van der Waals surface area (Å²) in [6, 6.07) is 6.76. The van der Waals surface area contributed by atoms with Crippen LogP contribution in [0.1, 0.15) is 43.2 Å². The molecule has 0 spiro atoms. The van der Waals surface area contributed by atoms with Gasteiger partial charge in [0.25, 0.3) is 0 Å². The van der Waals surface area contributed by atoms with Crippen molar-refractivity contribution in [1.29, 1.82) is 0 Å². The standard InChI is InChI=1S/C17H26N2/c1-2-4-13-19(12-3-1)14-6-8-15-7-5-9-17-16(15)10-11-18-17/h5,7,9,18H,1-4,6,8,10-14H2. The van der Waals surface area contributed by atoms with Gasteiger partial charge in [-0.05, 0) is 68.9 Å². The van der Waals surface area contributed by atoms with Gasteiger partial charge in [-0.15, -0.1) is 0 Å². The van der Waals surface area contributed by atoms with Gasteiger partial charge < -0.3 is 10.2 Å². The fourth-order valence-electron chi connectivity index (χ4n) is 3.50. The van der Waals surface area contributed by atoms with E-state index in [1.807, 2.05) is 0 Å². The van der Waals surface area contributed by atoms with Crippen molar-refractivity contribution < 1.29 is 0 Å². The van der Waals surface area contributed by atoms with Crippen LogP contribution in [0.2, 0.25) is 0 Å². The van der Waals surface area contributed by atoms with Crippen LogP contribution in [0.25, 0.3) is 0 Å². The molecule has 1 saturated heterocycles. The van der Waals surface area contributed by atoms with E-state index in [9.17, 15) is 0 Å². The highest BCUT2D eigenvalue weighted by Gasteiger charge is 2.14. The third-order valence-electron chi connectivity index (χ3n) is 4.58. The van der Waals surface area contributed by atoms with E-state index < -0.39 is 0 Å². The molecule has 1 aromatic rings. The van der Waals surface area contributed by atoms with Crippen molar-refractivity contribution in [1.82, 2.24) is 4.90 Å². The maximum absolute atomic E-state index is 3.48. The van der Waals surface area contributed by atoms with Gasteiger partial charge in [0.15, 0.2) is 0 Å². The molecule has 2 nitrogen and oxygen atoms in total. The second-order valence-corrected chi connectivity index (χ2v) is 5.98. The average molecular weight is 258 g/mol. The second-order valence-electron chi connectivity index (χ2n) is 5.98. The number of rotatable bonds is 4. The van der Waals surface area contributed by atoms with Gasteiger partial charge in [0.2, 0.25) is 0 Å². The van der Waals surface area contributed by atoms with Gasteiger partial charge in [0.1, 0.15) is 0 Å². The molecule has 2 heteroatoms. The van der Waals surface area contributed by atoms with Crippen LogP contribution < -0.4 is 5.32 Å². The number of anilines is 1. The molecule has 3 rings (SSSR count). The van der Waals surface area contributed by atoms with Gasteiger partial charge in [-0.2, -0.15) is 0 Å². The highest BCUT2D eigenvalue weighted by Crippen LogP contribution is 2.26. The van der Waals surface area contributed by atoms with E-state index in [1.54, 1.807) is 11.1 Å². The van der Waals surface area contributed by atoms with Crippen LogP contribution in [0.4, 0.5) is 5.69 Å². The Morgan fingerprint density at radius 1 is 1.05 bits per heavy atom. The zero-order chi connectivity index (χ0) is 12.9. The molecule has 0 aromatic heterocycles. The Morgan fingerprint density at radius 3 is 2.74 bits per heavy atom. The second kappa shape index (κ2) is 6.42. The van der Waals surface area contributed by atoms with E-state index >= 15 is 0 Å².